The molecule has 6 nitrogen and oxygen atoms in total. The van der Waals surface area contributed by atoms with E-state index in [1.165, 1.54) is 12.1 Å². The van der Waals surface area contributed by atoms with Crippen molar-refractivity contribution < 1.29 is 4.39 Å². The Morgan fingerprint density at radius 3 is 2.77 bits per heavy atom. The molecule has 3 aromatic heterocycles. The molecule has 8 heteroatoms. The Morgan fingerprint density at radius 1 is 1.09 bits per heavy atom. The third-order valence-electron chi connectivity index (χ3n) is 6.54. The molecule has 0 spiro atoms. The van der Waals surface area contributed by atoms with Gasteiger partial charge in [0.05, 0.1) is 23.1 Å². The molecule has 0 fully saturated rings. The molecule has 176 valence electrons. The van der Waals surface area contributed by atoms with Gasteiger partial charge in [-0.05, 0) is 67.9 Å². The Hall–Kier alpha value is -3.71. The van der Waals surface area contributed by atoms with Crippen LogP contribution in [-0.4, -0.2) is 30.6 Å². The zero-order chi connectivity index (χ0) is 23.9. The van der Waals surface area contributed by atoms with E-state index >= 15 is 0 Å². The Kier molecular flexibility index (Phi) is 5.49. The topological polar surface area (TPSA) is 60.6 Å². The first-order valence-electron chi connectivity index (χ1n) is 11.8. The van der Waals surface area contributed by atoms with Crippen molar-refractivity contribution in [1.29, 1.82) is 0 Å². The molecule has 0 amide bonds. The van der Waals surface area contributed by atoms with Gasteiger partial charge >= 0.3 is 0 Å². The second-order valence-electron chi connectivity index (χ2n) is 8.76. The minimum absolute atomic E-state index is 0.200. The minimum atomic E-state index is -0.268. The second kappa shape index (κ2) is 8.82. The molecule has 5 aromatic rings. The lowest BCUT2D eigenvalue weighted by atomic mass is 10.1. The van der Waals surface area contributed by atoms with E-state index in [0.29, 0.717) is 5.95 Å². The van der Waals surface area contributed by atoms with E-state index in [2.05, 4.69) is 37.8 Å². The van der Waals surface area contributed by atoms with Crippen molar-refractivity contribution >= 4 is 28.5 Å². The van der Waals surface area contributed by atoms with Gasteiger partial charge in [-0.1, -0.05) is 11.6 Å². The number of fused-ring (bicyclic) bond motifs is 2. The van der Waals surface area contributed by atoms with Crippen LogP contribution in [0.1, 0.15) is 25.2 Å². The number of hydrogen-bond donors (Lipinski definition) is 1. The molecule has 1 aliphatic heterocycles. The maximum Gasteiger partial charge on any atom is 0.223 e. The number of aromatic nitrogens is 5. The SMILES string of the molecule is CCNc1nccc(-c2c(-c3ccc(F)cc3)nc3n2C(Cn2ccc4cc(Cl)ccc42)CC3)n1. The maximum absolute atomic E-state index is 13.7. The molecular weight excluding hydrogens is 463 g/mol. The minimum Gasteiger partial charge on any atom is -0.354 e. The summed E-state index contributed by atoms with van der Waals surface area (Å²) in [6, 6.07) is 16.7. The molecule has 6 rings (SSSR count). The summed E-state index contributed by atoms with van der Waals surface area (Å²) in [5.74, 6) is 1.33. The number of aryl methyl sites for hydroxylation is 1. The van der Waals surface area contributed by atoms with E-state index in [1.54, 1.807) is 18.3 Å². The second-order valence-corrected chi connectivity index (χ2v) is 9.20. The number of anilines is 1. The van der Waals surface area contributed by atoms with Gasteiger partial charge < -0.3 is 14.5 Å². The molecule has 1 aliphatic rings. The van der Waals surface area contributed by atoms with Crippen molar-refractivity contribution in [3.8, 4) is 22.6 Å². The third kappa shape index (κ3) is 3.96. The third-order valence-corrected chi connectivity index (χ3v) is 6.78. The fourth-order valence-electron chi connectivity index (χ4n) is 4.99. The predicted octanol–water partition coefficient (Wildman–Crippen LogP) is 6.37. The van der Waals surface area contributed by atoms with Crippen LogP contribution in [0.4, 0.5) is 10.3 Å². The fraction of sp³-hybridized carbons (Fsp3) is 0.222. The van der Waals surface area contributed by atoms with Gasteiger partial charge in [-0.15, -0.1) is 0 Å². The van der Waals surface area contributed by atoms with E-state index in [4.69, 9.17) is 21.6 Å². The predicted molar refractivity (Wildman–Crippen MR) is 137 cm³/mol. The zero-order valence-corrected chi connectivity index (χ0v) is 20.0. The quantitative estimate of drug-likeness (QED) is 0.303. The summed E-state index contributed by atoms with van der Waals surface area (Å²) >= 11 is 6.20. The van der Waals surface area contributed by atoms with Crippen LogP contribution < -0.4 is 5.32 Å². The first-order chi connectivity index (χ1) is 17.1. The average Bonchev–Trinajstić information content (AvgIpc) is 3.54. The summed E-state index contributed by atoms with van der Waals surface area (Å²) in [7, 11) is 0. The average molecular weight is 487 g/mol. The molecule has 0 bridgehead atoms. The van der Waals surface area contributed by atoms with Gasteiger partial charge in [0.25, 0.3) is 0 Å². The van der Waals surface area contributed by atoms with Crippen LogP contribution in [0.15, 0.2) is 67.0 Å². The molecule has 1 unspecified atom stereocenters. The van der Waals surface area contributed by atoms with Crippen molar-refractivity contribution in [2.75, 3.05) is 11.9 Å². The number of hydrogen-bond acceptors (Lipinski definition) is 4. The van der Waals surface area contributed by atoms with E-state index in [1.807, 2.05) is 25.1 Å². The summed E-state index contributed by atoms with van der Waals surface area (Å²) < 4.78 is 18.3. The molecule has 35 heavy (non-hydrogen) atoms. The molecule has 0 aliphatic carbocycles. The largest absolute Gasteiger partial charge is 0.354 e. The van der Waals surface area contributed by atoms with Crippen LogP contribution in [0.25, 0.3) is 33.5 Å². The highest BCUT2D eigenvalue weighted by Gasteiger charge is 2.31. The summed E-state index contributed by atoms with van der Waals surface area (Å²) in [6.45, 7) is 3.54. The molecule has 4 heterocycles. The first-order valence-corrected chi connectivity index (χ1v) is 12.2. The number of benzene rings is 2. The lowest BCUT2D eigenvalue weighted by Crippen LogP contribution is -2.14. The van der Waals surface area contributed by atoms with Crippen LogP contribution in [0.2, 0.25) is 5.02 Å². The first kappa shape index (κ1) is 21.8. The number of imidazole rings is 1. The Bertz CT molecular complexity index is 1520. The van der Waals surface area contributed by atoms with Crippen molar-refractivity contribution in [2.24, 2.45) is 0 Å². The highest BCUT2D eigenvalue weighted by Crippen LogP contribution is 2.40. The van der Waals surface area contributed by atoms with E-state index < -0.39 is 0 Å². The number of nitrogens with zero attached hydrogens (tertiary/aromatic N) is 5. The van der Waals surface area contributed by atoms with Gasteiger partial charge in [0.1, 0.15) is 11.6 Å². The lowest BCUT2D eigenvalue weighted by molar-refractivity contribution is 0.459. The van der Waals surface area contributed by atoms with Crippen molar-refractivity contribution in [1.82, 2.24) is 24.1 Å². The lowest BCUT2D eigenvalue weighted by Gasteiger charge is -2.19. The van der Waals surface area contributed by atoms with Gasteiger partial charge in [-0.2, -0.15) is 0 Å². The van der Waals surface area contributed by atoms with Crippen molar-refractivity contribution in [3.63, 3.8) is 0 Å². The number of halogens is 2. The van der Waals surface area contributed by atoms with Gasteiger partial charge in [-0.25, -0.2) is 19.3 Å². The van der Waals surface area contributed by atoms with Crippen LogP contribution in [0, 0.1) is 5.82 Å². The summed E-state index contributed by atoms with van der Waals surface area (Å²) in [6.07, 6.45) is 5.73. The normalized spacial score (nSPS) is 15.0. The zero-order valence-electron chi connectivity index (χ0n) is 19.2. The molecular formula is C27H24ClFN6. The van der Waals surface area contributed by atoms with Gasteiger partial charge in [-0.3, -0.25) is 0 Å². The van der Waals surface area contributed by atoms with E-state index in [0.717, 1.165) is 70.3 Å². The van der Waals surface area contributed by atoms with Crippen molar-refractivity contribution in [3.05, 3.63) is 83.7 Å². The number of rotatable bonds is 6. The monoisotopic (exact) mass is 486 g/mol. The van der Waals surface area contributed by atoms with Gasteiger partial charge in [0.2, 0.25) is 5.95 Å². The number of nitrogens with one attached hydrogen (secondary N) is 1. The van der Waals surface area contributed by atoms with Crippen LogP contribution in [0.5, 0.6) is 0 Å². The van der Waals surface area contributed by atoms with Crippen LogP contribution in [-0.2, 0) is 13.0 Å². The highest BCUT2D eigenvalue weighted by molar-refractivity contribution is 6.31. The van der Waals surface area contributed by atoms with Crippen LogP contribution in [0.3, 0.4) is 0 Å². The molecule has 0 saturated heterocycles. The summed E-state index contributed by atoms with van der Waals surface area (Å²) in [4.78, 5) is 14.2. The van der Waals surface area contributed by atoms with E-state index in [9.17, 15) is 4.39 Å². The molecule has 0 saturated carbocycles. The molecule has 2 aromatic carbocycles. The standard InChI is InChI=1S/C27H24ClFN6/c1-2-30-27-31-13-11-22(32-27)26-25(17-3-6-20(29)7-4-17)33-24-10-8-21(35(24)26)16-34-14-12-18-15-19(28)5-9-23(18)34/h3-7,9,11-15,21H,2,8,10,16H2,1H3,(H,30,31,32). The Morgan fingerprint density at radius 2 is 1.94 bits per heavy atom. The highest BCUT2D eigenvalue weighted by atomic mass is 35.5. The van der Waals surface area contributed by atoms with E-state index in [-0.39, 0.29) is 11.9 Å². The van der Waals surface area contributed by atoms with Crippen LogP contribution >= 0.6 is 11.6 Å². The summed E-state index contributed by atoms with van der Waals surface area (Å²) in [5, 5.41) is 5.06. The smallest absolute Gasteiger partial charge is 0.223 e. The molecule has 1 atom stereocenters. The van der Waals surface area contributed by atoms with Crippen molar-refractivity contribution in [2.45, 2.75) is 32.4 Å². The molecule has 1 N–H and O–H groups in total. The van der Waals surface area contributed by atoms with Gasteiger partial charge in [0, 0.05) is 53.4 Å². The fourth-order valence-corrected chi connectivity index (χ4v) is 5.17. The Labute approximate surface area is 207 Å². The maximum atomic E-state index is 13.7. The summed E-state index contributed by atoms with van der Waals surface area (Å²) in [5.41, 5.74) is 4.57. The Balaban J connectivity index is 1.47. The van der Waals surface area contributed by atoms with Gasteiger partial charge in [0.15, 0.2) is 0 Å². The molecule has 0 radical (unpaired) electrons.